The van der Waals surface area contributed by atoms with Crippen molar-refractivity contribution in [2.24, 2.45) is 10.9 Å². The Morgan fingerprint density at radius 1 is 1.25 bits per heavy atom. The smallest absolute Gasteiger partial charge is 0.193 e. The molecule has 0 aliphatic carbocycles. The fourth-order valence-electron chi connectivity index (χ4n) is 3.69. The molecule has 1 aromatic carbocycles. The summed E-state index contributed by atoms with van der Waals surface area (Å²) in [6, 6.07) is 3.53. The number of halogens is 2. The van der Waals surface area contributed by atoms with E-state index >= 15 is 0 Å². The maximum absolute atomic E-state index is 13.7. The van der Waals surface area contributed by atoms with Crippen molar-refractivity contribution in [1.29, 1.82) is 0 Å². The first-order valence-electron chi connectivity index (χ1n) is 8.77. The molecule has 132 valence electrons. The molecule has 4 nitrogen and oxygen atoms in total. The summed E-state index contributed by atoms with van der Waals surface area (Å²) in [5.74, 6) is 0.609. The van der Waals surface area contributed by atoms with Crippen molar-refractivity contribution < 1.29 is 8.78 Å². The van der Waals surface area contributed by atoms with Crippen LogP contribution in [0.4, 0.5) is 8.78 Å². The summed E-state index contributed by atoms with van der Waals surface area (Å²) in [7, 11) is 1.73. The molecule has 3 rings (SSSR count). The minimum absolute atomic E-state index is 0.240. The Balaban J connectivity index is 1.52. The lowest BCUT2D eigenvalue weighted by atomic mass is 10.1. The van der Waals surface area contributed by atoms with Crippen molar-refractivity contribution in [2.75, 3.05) is 39.8 Å². The molecule has 6 heteroatoms. The van der Waals surface area contributed by atoms with Crippen LogP contribution < -0.4 is 5.32 Å². The van der Waals surface area contributed by atoms with Gasteiger partial charge in [-0.3, -0.25) is 4.99 Å². The number of likely N-dealkylation sites (tertiary alicyclic amines) is 2. The van der Waals surface area contributed by atoms with Gasteiger partial charge in [0.05, 0.1) is 0 Å². The topological polar surface area (TPSA) is 30.9 Å². The summed E-state index contributed by atoms with van der Waals surface area (Å²) in [4.78, 5) is 9.07. The molecule has 0 saturated carbocycles. The van der Waals surface area contributed by atoms with Crippen LogP contribution in [0.25, 0.3) is 0 Å². The molecule has 2 saturated heterocycles. The molecule has 1 unspecified atom stereocenters. The lowest BCUT2D eigenvalue weighted by molar-refractivity contribution is 0.281. The van der Waals surface area contributed by atoms with Gasteiger partial charge in [-0.1, -0.05) is 0 Å². The molecule has 2 fully saturated rings. The van der Waals surface area contributed by atoms with E-state index in [-0.39, 0.29) is 6.54 Å². The highest BCUT2D eigenvalue weighted by molar-refractivity contribution is 5.80. The summed E-state index contributed by atoms with van der Waals surface area (Å²) >= 11 is 0. The molecule has 24 heavy (non-hydrogen) atoms. The Bertz CT molecular complexity index is 584. The maximum atomic E-state index is 13.7. The fourth-order valence-corrected chi connectivity index (χ4v) is 3.69. The number of aliphatic imine (C=N–C) groups is 1. The standard InChI is InChI=1S/C18H26F2N4/c1-21-18(22-11-15-10-16(19)4-5-17(15)20)24-9-6-14(13-24)12-23-7-2-3-8-23/h4-5,10,14H,2-3,6-9,11-13H2,1H3,(H,21,22). The molecule has 0 radical (unpaired) electrons. The largest absolute Gasteiger partial charge is 0.352 e. The number of hydrogen-bond donors (Lipinski definition) is 1. The molecule has 0 aromatic heterocycles. The van der Waals surface area contributed by atoms with E-state index in [1.807, 2.05) is 0 Å². The third-order valence-corrected chi connectivity index (χ3v) is 4.96. The summed E-state index contributed by atoms with van der Waals surface area (Å²) in [6.07, 6.45) is 3.79. The van der Waals surface area contributed by atoms with Crippen molar-refractivity contribution in [1.82, 2.24) is 15.1 Å². The molecule has 1 aromatic rings. The third-order valence-electron chi connectivity index (χ3n) is 4.96. The zero-order valence-corrected chi connectivity index (χ0v) is 14.3. The van der Waals surface area contributed by atoms with Crippen LogP contribution in [-0.2, 0) is 6.54 Å². The van der Waals surface area contributed by atoms with Gasteiger partial charge in [-0.25, -0.2) is 8.78 Å². The quantitative estimate of drug-likeness (QED) is 0.677. The number of nitrogens with one attached hydrogen (secondary N) is 1. The number of benzene rings is 1. The van der Waals surface area contributed by atoms with Gasteiger partial charge in [0.1, 0.15) is 11.6 Å². The maximum Gasteiger partial charge on any atom is 0.193 e. The average Bonchev–Trinajstić information content (AvgIpc) is 3.24. The third kappa shape index (κ3) is 4.23. The van der Waals surface area contributed by atoms with Gasteiger partial charge < -0.3 is 15.1 Å². The van der Waals surface area contributed by atoms with Crippen LogP contribution in [-0.4, -0.2) is 55.5 Å². The van der Waals surface area contributed by atoms with Crippen LogP contribution in [0.3, 0.4) is 0 Å². The van der Waals surface area contributed by atoms with Crippen LogP contribution >= 0.6 is 0 Å². The first kappa shape index (κ1) is 17.1. The first-order chi connectivity index (χ1) is 11.7. The van der Waals surface area contributed by atoms with E-state index in [0.29, 0.717) is 11.5 Å². The summed E-state index contributed by atoms with van der Waals surface area (Å²) < 4.78 is 27.0. The minimum Gasteiger partial charge on any atom is -0.352 e. The number of nitrogens with zero attached hydrogens (tertiary/aromatic N) is 3. The predicted octanol–water partition coefficient (Wildman–Crippen LogP) is 2.46. The highest BCUT2D eigenvalue weighted by atomic mass is 19.1. The number of guanidine groups is 1. The van der Waals surface area contributed by atoms with Crippen LogP contribution in [0.5, 0.6) is 0 Å². The van der Waals surface area contributed by atoms with Crippen molar-refractivity contribution in [3.8, 4) is 0 Å². The van der Waals surface area contributed by atoms with Crippen LogP contribution in [0.1, 0.15) is 24.8 Å². The van der Waals surface area contributed by atoms with Gasteiger partial charge in [0, 0.05) is 38.8 Å². The van der Waals surface area contributed by atoms with Gasteiger partial charge in [-0.05, 0) is 56.5 Å². The molecule has 2 aliphatic heterocycles. The van der Waals surface area contributed by atoms with Crippen LogP contribution in [0.15, 0.2) is 23.2 Å². The van der Waals surface area contributed by atoms with Gasteiger partial charge >= 0.3 is 0 Å². The van der Waals surface area contributed by atoms with E-state index in [9.17, 15) is 8.78 Å². The van der Waals surface area contributed by atoms with E-state index < -0.39 is 11.6 Å². The molecule has 0 amide bonds. The van der Waals surface area contributed by atoms with Gasteiger partial charge in [0.15, 0.2) is 5.96 Å². The van der Waals surface area contributed by atoms with E-state index in [1.165, 1.54) is 32.0 Å². The molecule has 2 aliphatic rings. The van der Waals surface area contributed by atoms with E-state index in [4.69, 9.17) is 0 Å². The number of hydrogen-bond acceptors (Lipinski definition) is 2. The van der Waals surface area contributed by atoms with Crippen LogP contribution in [0, 0.1) is 17.6 Å². The zero-order chi connectivity index (χ0) is 16.9. The van der Waals surface area contributed by atoms with Crippen molar-refractivity contribution in [3.63, 3.8) is 0 Å². The summed E-state index contributed by atoms with van der Waals surface area (Å²) in [5.41, 5.74) is 0.323. The predicted molar refractivity (Wildman–Crippen MR) is 91.9 cm³/mol. The van der Waals surface area contributed by atoms with Crippen LogP contribution in [0.2, 0.25) is 0 Å². The second kappa shape index (κ2) is 7.92. The fraction of sp³-hybridized carbons (Fsp3) is 0.611. The molecule has 1 N–H and O–H groups in total. The molecule has 2 heterocycles. The van der Waals surface area contributed by atoms with Crippen molar-refractivity contribution in [2.45, 2.75) is 25.8 Å². The normalized spacial score (nSPS) is 22.4. The van der Waals surface area contributed by atoms with Crippen molar-refractivity contribution >= 4 is 5.96 Å². The summed E-state index contributed by atoms with van der Waals surface area (Å²) in [5, 5.41) is 3.17. The SMILES string of the molecule is CN=C(NCc1cc(F)ccc1F)N1CCC(CN2CCCC2)C1. The van der Waals surface area contributed by atoms with Crippen molar-refractivity contribution in [3.05, 3.63) is 35.4 Å². The van der Waals surface area contributed by atoms with Gasteiger partial charge in [0.2, 0.25) is 0 Å². The second-order valence-corrected chi connectivity index (χ2v) is 6.74. The number of rotatable bonds is 4. The first-order valence-corrected chi connectivity index (χ1v) is 8.77. The molecule has 0 spiro atoms. The van der Waals surface area contributed by atoms with Gasteiger partial charge in [-0.15, -0.1) is 0 Å². The Morgan fingerprint density at radius 2 is 2.04 bits per heavy atom. The Morgan fingerprint density at radius 3 is 2.79 bits per heavy atom. The van der Waals surface area contributed by atoms with Gasteiger partial charge in [0.25, 0.3) is 0 Å². The van der Waals surface area contributed by atoms with E-state index in [0.717, 1.165) is 44.1 Å². The minimum atomic E-state index is -0.421. The molecule has 0 bridgehead atoms. The Kier molecular flexibility index (Phi) is 5.66. The Hall–Kier alpha value is -1.69. The summed E-state index contributed by atoms with van der Waals surface area (Å²) in [6.45, 7) is 5.78. The van der Waals surface area contributed by atoms with Gasteiger partial charge in [-0.2, -0.15) is 0 Å². The molecular formula is C18H26F2N4. The lowest BCUT2D eigenvalue weighted by Gasteiger charge is -2.23. The molecule has 1 atom stereocenters. The zero-order valence-electron chi connectivity index (χ0n) is 14.3. The van der Waals surface area contributed by atoms with E-state index in [1.54, 1.807) is 7.05 Å². The Labute approximate surface area is 142 Å². The molecular weight excluding hydrogens is 310 g/mol. The monoisotopic (exact) mass is 336 g/mol. The highest BCUT2D eigenvalue weighted by Gasteiger charge is 2.27. The average molecular weight is 336 g/mol. The second-order valence-electron chi connectivity index (χ2n) is 6.74. The van der Waals surface area contributed by atoms with E-state index in [2.05, 4.69) is 20.1 Å². The lowest BCUT2D eigenvalue weighted by Crippen LogP contribution is -2.40. The highest BCUT2D eigenvalue weighted by Crippen LogP contribution is 2.20.